The van der Waals surface area contributed by atoms with Gasteiger partial charge in [-0.2, -0.15) is 4.42 Å². The molecule has 0 bridgehead atoms. The Morgan fingerprint density at radius 3 is 2.62 bits per heavy atom. The van der Waals surface area contributed by atoms with Crippen molar-refractivity contribution in [1.82, 2.24) is 9.62 Å². The van der Waals surface area contributed by atoms with Gasteiger partial charge in [-0.3, -0.25) is 9.59 Å². The number of ether oxygens (including phenoxy) is 2. The van der Waals surface area contributed by atoms with Gasteiger partial charge in [-0.15, -0.1) is 0 Å². The third-order valence-electron chi connectivity index (χ3n) is 5.10. The predicted octanol–water partition coefficient (Wildman–Crippen LogP) is 2.58. The van der Waals surface area contributed by atoms with Crippen molar-refractivity contribution in [2.45, 2.75) is 11.3 Å². The van der Waals surface area contributed by atoms with Crippen molar-refractivity contribution in [2.24, 2.45) is 5.92 Å². The first kappa shape index (κ1) is 25.6. The summed E-state index contributed by atoms with van der Waals surface area (Å²) in [5.41, 5.74) is 0.584. The Balaban J connectivity index is 1.96. The van der Waals surface area contributed by atoms with E-state index in [-0.39, 0.29) is 23.5 Å². The van der Waals surface area contributed by atoms with Crippen molar-refractivity contribution >= 4 is 57.0 Å². The Morgan fingerprint density at radius 1 is 1.21 bits per heavy atom. The van der Waals surface area contributed by atoms with Crippen molar-refractivity contribution < 1.29 is 32.3 Å². The summed E-state index contributed by atoms with van der Waals surface area (Å²) < 4.78 is 37.7. The Hall–Kier alpha value is -3.02. The van der Waals surface area contributed by atoms with E-state index in [4.69, 9.17) is 28.1 Å². The maximum atomic E-state index is 13.4. The molecule has 34 heavy (non-hydrogen) atoms. The van der Waals surface area contributed by atoms with Crippen LogP contribution in [0.15, 0.2) is 47.4 Å². The number of nitrogens with zero attached hydrogens (tertiary/aromatic N) is 2. The van der Waals surface area contributed by atoms with E-state index < -0.39 is 40.4 Å². The summed E-state index contributed by atoms with van der Waals surface area (Å²) in [5, 5.41) is 2.99. The number of halogens is 2. The van der Waals surface area contributed by atoms with Gasteiger partial charge in [0.25, 0.3) is 10.0 Å². The number of carbonyl (C=O) groups excluding carboxylic acids is 3. The molecule has 1 aliphatic heterocycles. The fourth-order valence-electron chi connectivity index (χ4n) is 3.41. The van der Waals surface area contributed by atoms with Gasteiger partial charge in [-0.25, -0.2) is 17.5 Å². The lowest BCUT2D eigenvalue weighted by atomic mass is 9.98. The zero-order valence-corrected chi connectivity index (χ0v) is 20.5. The molecule has 0 saturated carbocycles. The first-order chi connectivity index (χ1) is 16.1. The van der Waals surface area contributed by atoms with Gasteiger partial charge in [0.15, 0.2) is 0 Å². The van der Waals surface area contributed by atoms with Crippen LogP contribution in [0.2, 0.25) is 5.02 Å². The van der Waals surface area contributed by atoms with E-state index in [2.05, 4.69) is 10.1 Å². The fourth-order valence-corrected chi connectivity index (χ4v) is 5.22. The van der Waals surface area contributed by atoms with Crippen molar-refractivity contribution in [3.8, 4) is 5.75 Å². The van der Waals surface area contributed by atoms with Crippen LogP contribution in [0.5, 0.6) is 5.75 Å². The number of hydrogen-bond acceptors (Lipinski definition) is 7. The molecular formula is C21H21Cl2N3O7S. The lowest BCUT2D eigenvalue weighted by Gasteiger charge is -2.24. The van der Waals surface area contributed by atoms with Gasteiger partial charge in [-0.1, -0.05) is 17.7 Å². The van der Waals surface area contributed by atoms with E-state index in [0.717, 1.165) is 13.2 Å². The molecule has 1 saturated heterocycles. The van der Waals surface area contributed by atoms with E-state index in [0.29, 0.717) is 25.1 Å². The molecule has 3 amide bonds. The zero-order chi connectivity index (χ0) is 25.0. The Morgan fingerprint density at radius 2 is 1.94 bits per heavy atom. The first-order valence-corrected chi connectivity index (χ1v) is 12.0. The number of nitrogens with one attached hydrogen (secondary N) is 1. The van der Waals surface area contributed by atoms with Crippen molar-refractivity contribution in [3.05, 3.63) is 53.1 Å². The summed E-state index contributed by atoms with van der Waals surface area (Å²) in [6.45, 7) is -0.770. The molecule has 1 atom stereocenters. The average Bonchev–Trinajstić information content (AvgIpc) is 2.97. The molecule has 2 aromatic carbocycles. The van der Waals surface area contributed by atoms with E-state index in [9.17, 15) is 22.8 Å². The van der Waals surface area contributed by atoms with Gasteiger partial charge in [0.1, 0.15) is 12.3 Å². The number of hydrogen-bond donors (Lipinski definition) is 1. The molecule has 3 rings (SSSR count). The Bertz CT molecular complexity index is 1220. The van der Waals surface area contributed by atoms with Crippen LogP contribution in [0.3, 0.4) is 0 Å². The third kappa shape index (κ3) is 5.37. The van der Waals surface area contributed by atoms with Gasteiger partial charge >= 0.3 is 6.09 Å². The number of sulfonamides is 1. The monoisotopic (exact) mass is 529 g/mol. The maximum absolute atomic E-state index is 13.4. The fraction of sp³-hybridized carbons (Fsp3) is 0.286. The SMILES string of the molecule is COC(=O)N(Cl)c1cccc(S(=O)(=O)N2CC(=O)NCC(Cc3cc(Cl)ccc3OC)C2=O)c1. The van der Waals surface area contributed by atoms with Gasteiger partial charge in [0.2, 0.25) is 11.8 Å². The third-order valence-corrected chi connectivity index (χ3v) is 7.41. The van der Waals surface area contributed by atoms with E-state index in [1.54, 1.807) is 18.2 Å². The highest BCUT2D eigenvalue weighted by atomic mass is 35.5. The van der Waals surface area contributed by atoms with Gasteiger partial charge < -0.3 is 14.8 Å². The van der Waals surface area contributed by atoms with Crippen LogP contribution in [-0.2, 0) is 30.8 Å². The molecule has 1 unspecified atom stereocenters. The van der Waals surface area contributed by atoms with Gasteiger partial charge in [0, 0.05) is 23.3 Å². The Kier molecular flexibility index (Phi) is 7.90. The molecule has 182 valence electrons. The summed E-state index contributed by atoms with van der Waals surface area (Å²) >= 11 is 12.0. The highest BCUT2D eigenvalue weighted by Gasteiger charge is 2.38. The van der Waals surface area contributed by atoms with E-state index in [1.807, 2.05) is 0 Å². The second kappa shape index (κ2) is 10.5. The van der Waals surface area contributed by atoms with Crippen LogP contribution in [0, 0.1) is 5.92 Å². The van der Waals surface area contributed by atoms with E-state index in [1.165, 1.54) is 25.3 Å². The van der Waals surface area contributed by atoms with Gasteiger partial charge in [-0.05, 0) is 48.4 Å². The quantitative estimate of drug-likeness (QED) is 0.570. The number of anilines is 1. The summed E-state index contributed by atoms with van der Waals surface area (Å²) in [7, 11) is -1.90. The normalized spacial score (nSPS) is 16.5. The number of rotatable bonds is 6. The van der Waals surface area contributed by atoms with Crippen molar-refractivity contribution in [2.75, 3.05) is 31.7 Å². The molecule has 1 heterocycles. The smallest absolute Gasteiger partial charge is 0.429 e. The molecule has 0 spiro atoms. The zero-order valence-electron chi connectivity index (χ0n) is 18.2. The highest BCUT2D eigenvalue weighted by molar-refractivity contribution is 7.89. The van der Waals surface area contributed by atoms with Crippen LogP contribution in [0.25, 0.3) is 0 Å². The minimum atomic E-state index is -4.48. The average molecular weight is 530 g/mol. The van der Waals surface area contributed by atoms with Crippen molar-refractivity contribution in [3.63, 3.8) is 0 Å². The van der Waals surface area contributed by atoms with Crippen LogP contribution < -0.4 is 14.5 Å². The number of carbonyl (C=O) groups is 3. The standard InChI is InChI=1S/C21H21Cl2N3O7S/c1-32-18-7-6-15(22)9-13(18)8-14-11-24-19(27)12-25(20(14)28)34(30,31)17-5-3-4-16(10-17)26(23)21(29)33-2/h3-7,9-10,14H,8,11-12H2,1-2H3,(H,24,27). The second-order valence-corrected chi connectivity index (χ2v) is 9.90. The number of methoxy groups -OCH3 is 2. The predicted molar refractivity (Wildman–Crippen MR) is 124 cm³/mol. The number of amides is 3. The topological polar surface area (TPSA) is 122 Å². The lowest BCUT2D eigenvalue weighted by Crippen LogP contribution is -2.42. The summed E-state index contributed by atoms with van der Waals surface area (Å²) in [6, 6.07) is 9.93. The molecule has 0 aromatic heterocycles. The molecule has 0 radical (unpaired) electrons. The minimum absolute atomic E-state index is 0.00141. The van der Waals surface area contributed by atoms with Crippen LogP contribution in [0.4, 0.5) is 10.5 Å². The maximum Gasteiger partial charge on any atom is 0.429 e. The summed E-state index contributed by atoms with van der Waals surface area (Å²) in [6.07, 6.45) is -0.857. The van der Waals surface area contributed by atoms with Crippen molar-refractivity contribution in [1.29, 1.82) is 0 Å². The molecule has 0 aliphatic carbocycles. The van der Waals surface area contributed by atoms with Gasteiger partial charge in [0.05, 0.1) is 30.7 Å². The summed E-state index contributed by atoms with van der Waals surface area (Å²) in [5.74, 6) is -1.85. The summed E-state index contributed by atoms with van der Waals surface area (Å²) in [4.78, 5) is 37.0. The lowest BCUT2D eigenvalue weighted by molar-refractivity contribution is -0.131. The molecule has 10 nitrogen and oxygen atoms in total. The first-order valence-electron chi connectivity index (χ1n) is 9.88. The van der Waals surface area contributed by atoms with E-state index >= 15 is 0 Å². The second-order valence-electron chi connectivity index (χ2n) is 7.26. The molecule has 1 aliphatic rings. The number of benzene rings is 2. The van der Waals surface area contributed by atoms with Crippen LogP contribution >= 0.6 is 23.4 Å². The molecular weight excluding hydrogens is 509 g/mol. The highest BCUT2D eigenvalue weighted by Crippen LogP contribution is 2.29. The molecule has 1 fully saturated rings. The molecule has 2 aromatic rings. The molecule has 13 heteroatoms. The minimum Gasteiger partial charge on any atom is -0.496 e. The molecule has 1 N–H and O–H groups in total. The van der Waals surface area contributed by atoms with Crippen LogP contribution in [-0.4, -0.2) is 57.9 Å². The Labute approximate surface area is 206 Å². The van der Waals surface area contributed by atoms with Crippen LogP contribution in [0.1, 0.15) is 5.56 Å². The largest absolute Gasteiger partial charge is 0.496 e.